The Morgan fingerprint density at radius 3 is 2.92 bits per heavy atom. The summed E-state index contributed by atoms with van der Waals surface area (Å²) < 4.78 is 6.04. The van der Waals surface area contributed by atoms with Gasteiger partial charge in [-0.05, 0) is 24.1 Å². The second-order valence-electron chi connectivity index (χ2n) is 2.94. The molecule has 0 aliphatic rings. The van der Waals surface area contributed by atoms with Gasteiger partial charge in [0.05, 0.1) is 0 Å². The fourth-order valence-corrected chi connectivity index (χ4v) is 1.57. The maximum absolute atomic E-state index is 5.95. The molecule has 13 heavy (non-hydrogen) atoms. The number of hydrogen-bond donors (Lipinski definition) is 1. The first kappa shape index (κ1) is 10.7. The van der Waals surface area contributed by atoms with Gasteiger partial charge in [-0.1, -0.05) is 28.1 Å². The zero-order valence-corrected chi connectivity index (χ0v) is 9.25. The molecule has 0 aliphatic carbocycles. The lowest BCUT2D eigenvalue weighted by Gasteiger charge is -2.11. The Labute approximate surface area is 87.2 Å². The van der Waals surface area contributed by atoms with Crippen LogP contribution in [0.25, 0.3) is 0 Å². The van der Waals surface area contributed by atoms with Crippen LogP contribution in [0.5, 0.6) is 0 Å². The Morgan fingerprint density at radius 2 is 2.31 bits per heavy atom. The molecule has 0 aliphatic heterocycles. The van der Waals surface area contributed by atoms with Crippen molar-refractivity contribution >= 4 is 15.9 Å². The fraction of sp³-hybridized carbons (Fsp3) is 0.400. The van der Waals surface area contributed by atoms with Crippen LogP contribution in [-0.2, 0) is 4.74 Å². The molecule has 1 aromatic rings. The number of halogens is 1. The van der Waals surface area contributed by atoms with E-state index in [2.05, 4.69) is 15.9 Å². The minimum absolute atomic E-state index is 0.0671. The van der Waals surface area contributed by atoms with Crippen LogP contribution in [0.4, 0.5) is 0 Å². The Morgan fingerprint density at radius 1 is 1.54 bits per heavy atom. The summed E-state index contributed by atoms with van der Waals surface area (Å²) >= 11 is 3.41. The average Bonchev–Trinajstić information content (AvgIpc) is 2.14. The van der Waals surface area contributed by atoms with Crippen molar-refractivity contribution in [1.29, 1.82) is 0 Å². The summed E-state index contributed by atoms with van der Waals surface area (Å²) in [6.07, 6.45) is 0.854. The van der Waals surface area contributed by atoms with Gasteiger partial charge in [0, 0.05) is 24.2 Å². The van der Waals surface area contributed by atoms with Crippen molar-refractivity contribution in [1.82, 2.24) is 0 Å². The number of nitrogens with two attached hydrogens (primary N) is 1. The Bertz CT molecular complexity index is 265. The Hall–Kier alpha value is -0.380. The highest BCUT2D eigenvalue weighted by atomic mass is 79.9. The van der Waals surface area contributed by atoms with E-state index in [0.717, 1.165) is 16.5 Å². The Kier molecular flexibility index (Phi) is 4.42. The quantitative estimate of drug-likeness (QED) is 0.883. The predicted molar refractivity (Wildman–Crippen MR) is 57.6 cm³/mol. The molecule has 72 valence electrons. The highest BCUT2D eigenvalue weighted by molar-refractivity contribution is 9.10. The van der Waals surface area contributed by atoms with Crippen molar-refractivity contribution in [3.05, 3.63) is 34.3 Å². The van der Waals surface area contributed by atoms with E-state index in [9.17, 15) is 0 Å². The third-order valence-corrected chi connectivity index (χ3v) is 2.40. The fourth-order valence-electron chi connectivity index (χ4n) is 1.15. The lowest BCUT2D eigenvalue weighted by atomic mass is 10.1. The first-order valence-corrected chi connectivity index (χ1v) is 5.03. The van der Waals surface area contributed by atoms with Gasteiger partial charge in [0.15, 0.2) is 0 Å². The van der Waals surface area contributed by atoms with Gasteiger partial charge in [-0.3, -0.25) is 0 Å². The second-order valence-corrected chi connectivity index (χ2v) is 3.86. The summed E-state index contributed by atoms with van der Waals surface area (Å²) in [5.41, 5.74) is 7.09. The maximum atomic E-state index is 5.95. The number of benzene rings is 1. The van der Waals surface area contributed by atoms with Gasteiger partial charge in [0.2, 0.25) is 0 Å². The van der Waals surface area contributed by atoms with Crippen molar-refractivity contribution in [2.45, 2.75) is 12.5 Å². The molecule has 1 aromatic carbocycles. The van der Waals surface area contributed by atoms with Gasteiger partial charge in [0.1, 0.15) is 0 Å². The maximum Gasteiger partial charge on any atom is 0.0480 e. The number of rotatable bonds is 4. The molecule has 3 heteroatoms. The van der Waals surface area contributed by atoms with Gasteiger partial charge < -0.3 is 10.5 Å². The molecule has 0 heterocycles. The summed E-state index contributed by atoms with van der Waals surface area (Å²) in [7, 11) is 1.69. The normalized spacial score (nSPS) is 12.8. The molecular weight excluding hydrogens is 230 g/mol. The SMILES string of the molecule is COCCC(N)c1cccc(Br)c1. The van der Waals surface area contributed by atoms with Gasteiger partial charge in [-0.2, -0.15) is 0 Å². The lowest BCUT2D eigenvalue weighted by molar-refractivity contribution is 0.188. The predicted octanol–water partition coefficient (Wildman–Crippen LogP) is 2.49. The molecule has 1 atom stereocenters. The smallest absolute Gasteiger partial charge is 0.0480 e. The van der Waals surface area contributed by atoms with Crippen LogP contribution in [-0.4, -0.2) is 13.7 Å². The van der Waals surface area contributed by atoms with E-state index in [4.69, 9.17) is 10.5 Å². The van der Waals surface area contributed by atoms with Gasteiger partial charge >= 0.3 is 0 Å². The first-order valence-electron chi connectivity index (χ1n) is 4.24. The van der Waals surface area contributed by atoms with Gasteiger partial charge in [-0.25, -0.2) is 0 Å². The monoisotopic (exact) mass is 243 g/mol. The standard InChI is InChI=1S/C10H14BrNO/c1-13-6-5-10(12)8-3-2-4-9(11)7-8/h2-4,7,10H,5-6,12H2,1H3. The second kappa shape index (κ2) is 5.37. The third-order valence-electron chi connectivity index (χ3n) is 1.91. The van der Waals surface area contributed by atoms with Crippen molar-refractivity contribution in [3.63, 3.8) is 0 Å². The molecule has 1 unspecified atom stereocenters. The highest BCUT2D eigenvalue weighted by Gasteiger charge is 2.04. The molecule has 0 fully saturated rings. The average molecular weight is 244 g/mol. The van der Waals surface area contributed by atoms with Crippen LogP contribution >= 0.6 is 15.9 Å². The summed E-state index contributed by atoms with van der Waals surface area (Å²) in [4.78, 5) is 0. The van der Waals surface area contributed by atoms with Crippen molar-refractivity contribution in [2.75, 3.05) is 13.7 Å². The van der Waals surface area contributed by atoms with Crippen molar-refractivity contribution in [3.8, 4) is 0 Å². The third kappa shape index (κ3) is 3.46. The topological polar surface area (TPSA) is 35.2 Å². The lowest BCUT2D eigenvalue weighted by Crippen LogP contribution is -2.12. The van der Waals surface area contributed by atoms with Crippen LogP contribution in [0.2, 0.25) is 0 Å². The van der Waals surface area contributed by atoms with Crippen LogP contribution in [0, 0.1) is 0 Å². The minimum Gasteiger partial charge on any atom is -0.385 e. The first-order chi connectivity index (χ1) is 6.24. The molecule has 0 amide bonds. The van der Waals surface area contributed by atoms with Crippen molar-refractivity contribution < 1.29 is 4.74 Å². The van der Waals surface area contributed by atoms with Crippen molar-refractivity contribution in [2.24, 2.45) is 5.73 Å². The summed E-state index contributed by atoms with van der Waals surface area (Å²) in [5, 5.41) is 0. The minimum atomic E-state index is 0.0671. The van der Waals surface area contributed by atoms with E-state index >= 15 is 0 Å². The molecule has 1 rings (SSSR count). The number of methoxy groups -OCH3 is 1. The van der Waals surface area contributed by atoms with Crippen LogP contribution in [0.1, 0.15) is 18.0 Å². The molecule has 0 saturated heterocycles. The van der Waals surface area contributed by atoms with E-state index in [1.165, 1.54) is 0 Å². The molecular formula is C10H14BrNO. The van der Waals surface area contributed by atoms with Gasteiger partial charge in [-0.15, -0.1) is 0 Å². The van der Waals surface area contributed by atoms with E-state index in [1.807, 2.05) is 24.3 Å². The molecule has 2 nitrogen and oxygen atoms in total. The highest BCUT2D eigenvalue weighted by Crippen LogP contribution is 2.18. The zero-order valence-electron chi connectivity index (χ0n) is 7.66. The summed E-state index contributed by atoms with van der Waals surface area (Å²) in [5.74, 6) is 0. The summed E-state index contributed by atoms with van der Waals surface area (Å²) in [6, 6.07) is 8.13. The molecule has 2 N–H and O–H groups in total. The van der Waals surface area contributed by atoms with E-state index < -0.39 is 0 Å². The molecule has 0 saturated carbocycles. The molecule has 0 spiro atoms. The van der Waals surface area contributed by atoms with Gasteiger partial charge in [0.25, 0.3) is 0 Å². The largest absolute Gasteiger partial charge is 0.385 e. The van der Waals surface area contributed by atoms with Crippen LogP contribution in [0.3, 0.4) is 0 Å². The molecule has 0 aromatic heterocycles. The molecule has 0 bridgehead atoms. The van der Waals surface area contributed by atoms with E-state index in [1.54, 1.807) is 7.11 Å². The van der Waals surface area contributed by atoms with Crippen LogP contribution in [0.15, 0.2) is 28.7 Å². The van der Waals surface area contributed by atoms with E-state index in [0.29, 0.717) is 6.61 Å². The number of hydrogen-bond acceptors (Lipinski definition) is 2. The summed E-state index contributed by atoms with van der Waals surface area (Å²) in [6.45, 7) is 0.702. The van der Waals surface area contributed by atoms with Crippen LogP contribution < -0.4 is 5.73 Å². The van der Waals surface area contributed by atoms with E-state index in [-0.39, 0.29) is 6.04 Å². The Balaban J connectivity index is 2.60. The zero-order chi connectivity index (χ0) is 9.68. The molecule has 0 radical (unpaired) electrons. The number of ether oxygens (including phenoxy) is 1.